The number of nitrogens with one attached hydrogen (secondary N) is 1. The second-order valence-corrected chi connectivity index (χ2v) is 6.01. The summed E-state index contributed by atoms with van der Waals surface area (Å²) in [7, 11) is 3.32. The maximum Gasteiger partial charge on any atom is 0.223 e. The van der Waals surface area contributed by atoms with E-state index in [-0.39, 0.29) is 11.8 Å². The van der Waals surface area contributed by atoms with Crippen molar-refractivity contribution in [2.75, 3.05) is 20.8 Å². The first-order valence-electron chi connectivity index (χ1n) is 7.75. The number of methoxy groups -OCH3 is 2. The first-order valence-corrected chi connectivity index (χ1v) is 7.75. The van der Waals surface area contributed by atoms with Crippen LogP contribution < -0.4 is 14.8 Å². The van der Waals surface area contributed by atoms with E-state index in [1.54, 1.807) is 14.2 Å². The van der Waals surface area contributed by atoms with Gasteiger partial charge in [0, 0.05) is 18.4 Å². The molecule has 0 aromatic heterocycles. The van der Waals surface area contributed by atoms with Crippen LogP contribution in [0.1, 0.15) is 42.7 Å². The molecule has 0 radical (unpaired) electrons. The van der Waals surface area contributed by atoms with Crippen molar-refractivity contribution < 1.29 is 14.3 Å². The summed E-state index contributed by atoms with van der Waals surface area (Å²) in [5, 5.41) is 3.12. The highest BCUT2D eigenvalue weighted by atomic mass is 16.5. The average molecular weight is 289 g/mol. The van der Waals surface area contributed by atoms with Crippen LogP contribution in [0.2, 0.25) is 0 Å². The normalized spacial score (nSPS) is 20.6. The zero-order valence-corrected chi connectivity index (χ0v) is 12.8. The topological polar surface area (TPSA) is 47.6 Å². The maximum atomic E-state index is 12.0. The average Bonchev–Trinajstić information content (AvgIpc) is 2.83. The van der Waals surface area contributed by atoms with E-state index in [4.69, 9.17) is 9.47 Å². The molecule has 0 aliphatic heterocycles. The van der Waals surface area contributed by atoms with Crippen molar-refractivity contribution in [1.82, 2.24) is 5.32 Å². The van der Waals surface area contributed by atoms with Gasteiger partial charge in [-0.3, -0.25) is 4.79 Å². The molecular weight excluding hydrogens is 266 g/mol. The van der Waals surface area contributed by atoms with Crippen LogP contribution in [0.5, 0.6) is 11.5 Å². The summed E-state index contributed by atoms with van der Waals surface area (Å²) in [6, 6.07) is 4.14. The van der Waals surface area contributed by atoms with Gasteiger partial charge in [0.15, 0.2) is 11.5 Å². The molecule has 4 nitrogen and oxygen atoms in total. The first-order chi connectivity index (χ1) is 10.2. The lowest BCUT2D eigenvalue weighted by molar-refractivity contribution is -0.127. The monoisotopic (exact) mass is 289 g/mol. The van der Waals surface area contributed by atoms with E-state index < -0.39 is 0 Å². The summed E-state index contributed by atoms with van der Waals surface area (Å²) in [5.74, 6) is 2.44. The van der Waals surface area contributed by atoms with Crippen molar-refractivity contribution in [2.24, 2.45) is 5.92 Å². The lowest BCUT2D eigenvalue weighted by Crippen LogP contribution is -2.36. The molecule has 21 heavy (non-hydrogen) atoms. The number of carbonyl (C=O) groups is 1. The smallest absolute Gasteiger partial charge is 0.223 e. The van der Waals surface area contributed by atoms with Crippen molar-refractivity contribution in [3.63, 3.8) is 0 Å². The number of aryl methyl sites for hydroxylation is 1. The predicted octanol–water partition coefficient (Wildman–Crippen LogP) is 2.65. The summed E-state index contributed by atoms with van der Waals surface area (Å²) < 4.78 is 10.7. The van der Waals surface area contributed by atoms with Crippen LogP contribution in [0.25, 0.3) is 0 Å². The molecular formula is C17H23NO3. The van der Waals surface area contributed by atoms with Crippen LogP contribution >= 0.6 is 0 Å². The molecule has 4 heteroatoms. The Morgan fingerprint density at radius 3 is 2.52 bits per heavy atom. The molecule has 0 spiro atoms. The van der Waals surface area contributed by atoms with Gasteiger partial charge in [0.2, 0.25) is 5.91 Å². The fourth-order valence-electron chi connectivity index (χ4n) is 3.27. The van der Waals surface area contributed by atoms with Gasteiger partial charge in [-0.05, 0) is 48.9 Å². The summed E-state index contributed by atoms with van der Waals surface area (Å²) in [4.78, 5) is 12.0. The number of rotatable bonds is 5. The molecule has 2 aliphatic rings. The first kappa shape index (κ1) is 14.2. The molecule has 1 aromatic rings. The number of ether oxygens (including phenoxy) is 2. The van der Waals surface area contributed by atoms with E-state index in [2.05, 4.69) is 17.4 Å². The highest BCUT2D eigenvalue weighted by Gasteiger charge is 2.28. The quantitative estimate of drug-likeness (QED) is 0.906. The SMILES string of the molecule is COc1cc2c(cc1OC)C(CNC(=O)C1CCC1)CC2. The van der Waals surface area contributed by atoms with Gasteiger partial charge in [-0.15, -0.1) is 0 Å². The van der Waals surface area contributed by atoms with Gasteiger partial charge in [-0.2, -0.15) is 0 Å². The standard InChI is InChI=1S/C17H23NO3/c1-20-15-8-12-6-7-13(14(12)9-16(15)21-2)10-18-17(19)11-4-3-5-11/h8-9,11,13H,3-7,10H2,1-2H3,(H,18,19). The van der Waals surface area contributed by atoms with Gasteiger partial charge in [0.25, 0.3) is 0 Å². The van der Waals surface area contributed by atoms with Gasteiger partial charge < -0.3 is 14.8 Å². The molecule has 114 valence electrons. The fourth-order valence-corrected chi connectivity index (χ4v) is 3.27. The minimum absolute atomic E-state index is 0.232. The third-order valence-corrected chi connectivity index (χ3v) is 4.85. The van der Waals surface area contributed by atoms with Crippen molar-refractivity contribution in [1.29, 1.82) is 0 Å². The van der Waals surface area contributed by atoms with Crippen molar-refractivity contribution in [3.05, 3.63) is 23.3 Å². The summed E-state index contributed by atoms with van der Waals surface area (Å²) in [6.45, 7) is 0.734. The van der Waals surface area contributed by atoms with Gasteiger partial charge in [-0.1, -0.05) is 6.42 Å². The minimum Gasteiger partial charge on any atom is -0.493 e. The second-order valence-electron chi connectivity index (χ2n) is 6.01. The van der Waals surface area contributed by atoms with Crippen LogP contribution in [0.4, 0.5) is 0 Å². The molecule has 1 atom stereocenters. The Morgan fingerprint density at radius 2 is 1.90 bits per heavy atom. The molecule has 1 fully saturated rings. The van der Waals surface area contributed by atoms with Crippen LogP contribution in [-0.2, 0) is 11.2 Å². The van der Waals surface area contributed by atoms with E-state index in [1.807, 2.05) is 0 Å². The third-order valence-electron chi connectivity index (χ3n) is 4.85. The van der Waals surface area contributed by atoms with Crippen molar-refractivity contribution in [2.45, 2.75) is 38.0 Å². The van der Waals surface area contributed by atoms with Crippen LogP contribution in [0, 0.1) is 5.92 Å². The van der Waals surface area contributed by atoms with Crippen molar-refractivity contribution in [3.8, 4) is 11.5 Å². The lowest BCUT2D eigenvalue weighted by atomic mass is 9.84. The molecule has 0 saturated heterocycles. The molecule has 1 aromatic carbocycles. The van der Waals surface area contributed by atoms with Gasteiger partial charge in [0.05, 0.1) is 14.2 Å². The van der Waals surface area contributed by atoms with Crippen molar-refractivity contribution >= 4 is 5.91 Å². The Labute approximate surface area is 125 Å². The Morgan fingerprint density at radius 1 is 1.19 bits per heavy atom. The number of fused-ring (bicyclic) bond motifs is 1. The fraction of sp³-hybridized carbons (Fsp3) is 0.588. The Hall–Kier alpha value is -1.71. The second kappa shape index (κ2) is 5.96. The number of hydrogen-bond acceptors (Lipinski definition) is 3. The zero-order chi connectivity index (χ0) is 14.8. The van der Waals surface area contributed by atoms with Gasteiger partial charge in [0.1, 0.15) is 0 Å². The largest absolute Gasteiger partial charge is 0.493 e. The molecule has 1 N–H and O–H groups in total. The molecule has 1 saturated carbocycles. The van der Waals surface area contributed by atoms with Crippen LogP contribution in [0.3, 0.4) is 0 Å². The summed E-state index contributed by atoms with van der Waals surface area (Å²) >= 11 is 0. The zero-order valence-electron chi connectivity index (χ0n) is 12.8. The minimum atomic E-state index is 0.232. The number of hydrogen-bond donors (Lipinski definition) is 1. The van der Waals surface area contributed by atoms with Crippen LogP contribution in [-0.4, -0.2) is 26.7 Å². The Bertz CT molecular complexity index is 537. The van der Waals surface area contributed by atoms with E-state index in [0.717, 1.165) is 43.7 Å². The number of carbonyl (C=O) groups excluding carboxylic acids is 1. The van der Waals surface area contributed by atoms with E-state index >= 15 is 0 Å². The Kier molecular flexibility index (Phi) is 4.04. The molecule has 3 rings (SSSR count). The van der Waals surface area contributed by atoms with Gasteiger partial charge >= 0.3 is 0 Å². The van der Waals surface area contributed by atoms with E-state index in [1.165, 1.54) is 17.5 Å². The number of benzene rings is 1. The molecule has 0 heterocycles. The van der Waals surface area contributed by atoms with Crippen LogP contribution in [0.15, 0.2) is 12.1 Å². The molecule has 1 amide bonds. The summed E-state index contributed by atoms with van der Waals surface area (Å²) in [6.07, 6.45) is 5.42. The molecule has 0 bridgehead atoms. The maximum absolute atomic E-state index is 12.0. The summed E-state index contributed by atoms with van der Waals surface area (Å²) in [5.41, 5.74) is 2.61. The third kappa shape index (κ3) is 2.71. The van der Waals surface area contributed by atoms with E-state index in [9.17, 15) is 4.79 Å². The highest BCUT2D eigenvalue weighted by molar-refractivity contribution is 5.79. The van der Waals surface area contributed by atoms with Gasteiger partial charge in [-0.25, -0.2) is 0 Å². The Balaban J connectivity index is 1.69. The highest BCUT2D eigenvalue weighted by Crippen LogP contribution is 2.40. The van der Waals surface area contributed by atoms with E-state index in [0.29, 0.717) is 5.92 Å². The molecule has 2 aliphatic carbocycles. The molecule has 1 unspecified atom stereocenters. The number of amides is 1. The predicted molar refractivity (Wildman–Crippen MR) is 81.0 cm³/mol. The lowest BCUT2D eigenvalue weighted by Gasteiger charge is -2.25.